The number of hydrogen-bond acceptors (Lipinski definition) is 10. The van der Waals surface area contributed by atoms with Crippen molar-refractivity contribution in [3.05, 3.63) is 34.9 Å². The van der Waals surface area contributed by atoms with Crippen molar-refractivity contribution >= 4 is 45.9 Å². The van der Waals surface area contributed by atoms with Gasteiger partial charge in [-0.2, -0.15) is 0 Å². The lowest BCUT2D eigenvalue weighted by molar-refractivity contribution is -0.115. The number of hydrogen-bond donors (Lipinski definition) is 1. The molecule has 0 saturated carbocycles. The van der Waals surface area contributed by atoms with Crippen LogP contribution < -0.4 is 5.32 Å². The van der Waals surface area contributed by atoms with Gasteiger partial charge < -0.3 is 9.73 Å². The normalized spacial score (nSPS) is 10.8. The summed E-state index contributed by atoms with van der Waals surface area (Å²) in [5.41, 5.74) is 1.86. The fourth-order valence-electron chi connectivity index (χ4n) is 1.94. The molecule has 1 amide bonds. The molecule has 0 fully saturated rings. The largest absolute Gasteiger partial charge is 0.415 e. The molecule has 3 aromatic rings. The van der Waals surface area contributed by atoms with Crippen molar-refractivity contribution in [1.82, 2.24) is 25.1 Å². The first kappa shape index (κ1) is 18.8. The van der Waals surface area contributed by atoms with E-state index in [9.17, 15) is 4.79 Å². The first-order valence-electron chi connectivity index (χ1n) is 7.68. The second kappa shape index (κ2) is 9.10. The molecule has 0 atom stereocenters. The minimum Gasteiger partial charge on any atom is -0.415 e. The summed E-state index contributed by atoms with van der Waals surface area (Å²) in [6.07, 6.45) is 1.99. The van der Waals surface area contributed by atoms with E-state index in [1.165, 1.54) is 34.9 Å². The highest BCUT2D eigenvalue weighted by molar-refractivity contribution is 7.99. The molecule has 3 rings (SSSR count). The Kier molecular flexibility index (Phi) is 6.58. The van der Waals surface area contributed by atoms with Gasteiger partial charge in [0.15, 0.2) is 10.3 Å². The van der Waals surface area contributed by atoms with Crippen LogP contribution in [0, 0.1) is 13.8 Å². The smallest absolute Gasteiger partial charge is 0.276 e. The fraction of sp³-hybridized carbons (Fsp3) is 0.333. The molecule has 3 heterocycles. The van der Waals surface area contributed by atoms with Crippen molar-refractivity contribution in [3.8, 4) is 0 Å². The monoisotopic (exact) mass is 408 g/mol. The number of anilines is 1. The Labute approximate surface area is 162 Å². The van der Waals surface area contributed by atoms with Gasteiger partial charge in [0.2, 0.25) is 11.8 Å². The molecule has 11 heteroatoms. The van der Waals surface area contributed by atoms with Gasteiger partial charge in [-0.05, 0) is 19.9 Å². The lowest BCUT2D eigenvalue weighted by Gasteiger charge is -2.00. The number of aryl methyl sites for hydroxylation is 2. The van der Waals surface area contributed by atoms with Crippen LogP contribution in [0.2, 0.25) is 0 Å². The van der Waals surface area contributed by atoms with E-state index in [1.54, 1.807) is 6.20 Å². The van der Waals surface area contributed by atoms with E-state index in [4.69, 9.17) is 4.42 Å². The maximum atomic E-state index is 11.8. The van der Waals surface area contributed by atoms with E-state index >= 15 is 0 Å². The van der Waals surface area contributed by atoms with Crippen molar-refractivity contribution in [1.29, 1.82) is 0 Å². The summed E-state index contributed by atoms with van der Waals surface area (Å²) < 4.78 is 5.58. The summed E-state index contributed by atoms with van der Waals surface area (Å²) in [6.45, 7) is 3.87. The molecule has 136 valence electrons. The number of aromatic nitrogens is 5. The van der Waals surface area contributed by atoms with Crippen LogP contribution in [0.4, 0.5) is 5.13 Å². The number of thiazole rings is 1. The zero-order valence-electron chi connectivity index (χ0n) is 14.1. The summed E-state index contributed by atoms with van der Waals surface area (Å²) in [5, 5.41) is 14.3. The molecular formula is C15H16N6O2S3. The van der Waals surface area contributed by atoms with Crippen molar-refractivity contribution in [3.63, 3.8) is 0 Å². The Hall–Kier alpha value is -1.98. The van der Waals surface area contributed by atoms with Crippen LogP contribution in [-0.4, -0.2) is 36.8 Å². The number of nitrogens with one attached hydrogen (secondary N) is 1. The fourth-order valence-corrected chi connectivity index (χ4v) is 3.98. The van der Waals surface area contributed by atoms with Gasteiger partial charge in [0.1, 0.15) is 0 Å². The Morgan fingerprint density at radius 3 is 2.77 bits per heavy atom. The molecule has 0 aliphatic heterocycles. The lowest BCUT2D eigenvalue weighted by Crippen LogP contribution is -2.11. The van der Waals surface area contributed by atoms with E-state index in [2.05, 4.69) is 30.5 Å². The lowest BCUT2D eigenvalue weighted by atomic mass is 10.4. The van der Waals surface area contributed by atoms with Crippen LogP contribution in [-0.2, 0) is 10.5 Å². The molecule has 0 aliphatic rings. The molecule has 3 aromatic heterocycles. The van der Waals surface area contributed by atoms with Gasteiger partial charge in [-0.15, -0.1) is 21.5 Å². The van der Waals surface area contributed by atoms with Crippen molar-refractivity contribution in [2.24, 2.45) is 0 Å². The van der Waals surface area contributed by atoms with E-state index in [0.29, 0.717) is 39.3 Å². The van der Waals surface area contributed by atoms with Crippen LogP contribution in [0.25, 0.3) is 0 Å². The quantitative estimate of drug-likeness (QED) is 0.443. The number of rotatable bonds is 8. The average molecular weight is 409 g/mol. The topological polar surface area (TPSA) is 107 Å². The van der Waals surface area contributed by atoms with Crippen LogP contribution >= 0.6 is 34.9 Å². The molecule has 0 aliphatic carbocycles. The van der Waals surface area contributed by atoms with Crippen LogP contribution in [0.3, 0.4) is 0 Å². The Morgan fingerprint density at radius 2 is 2.04 bits per heavy atom. The van der Waals surface area contributed by atoms with Crippen molar-refractivity contribution < 1.29 is 9.21 Å². The Bertz CT molecular complexity index is 848. The summed E-state index contributed by atoms with van der Waals surface area (Å²) in [4.78, 5) is 24.5. The molecule has 0 saturated heterocycles. The summed E-state index contributed by atoms with van der Waals surface area (Å²) in [7, 11) is 0. The van der Waals surface area contributed by atoms with Gasteiger partial charge in [0.05, 0.1) is 5.75 Å². The number of amides is 1. The predicted octanol–water partition coefficient (Wildman–Crippen LogP) is 3.35. The SMILES string of the molecule is Cc1cc(C)nc(SCc2nnc(SCCC(=O)Nc3nccs3)o2)n1. The predicted molar refractivity (Wildman–Crippen MR) is 101 cm³/mol. The van der Waals surface area contributed by atoms with Gasteiger partial charge >= 0.3 is 0 Å². The van der Waals surface area contributed by atoms with Crippen LogP contribution in [0.5, 0.6) is 0 Å². The third kappa shape index (κ3) is 5.78. The third-order valence-corrected chi connectivity index (χ3v) is 5.31. The van der Waals surface area contributed by atoms with E-state index in [1.807, 2.05) is 25.3 Å². The van der Waals surface area contributed by atoms with Gasteiger partial charge in [0.25, 0.3) is 5.22 Å². The highest BCUT2D eigenvalue weighted by Crippen LogP contribution is 2.23. The van der Waals surface area contributed by atoms with Crippen molar-refractivity contribution in [2.75, 3.05) is 11.1 Å². The highest BCUT2D eigenvalue weighted by atomic mass is 32.2. The molecule has 0 radical (unpaired) electrons. The van der Waals surface area contributed by atoms with Gasteiger partial charge in [-0.25, -0.2) is 15.0 Å². The minimum absolute atomic E-state index is 0.0882. The maximum Gasteiger partial charge on any atom is 0.276 e. The molecular weight excluding hydrogens is 392 g/mol. The van der Waals surface area contributed by atoms with Crippen LogP contribution in [0.15, 0.2) is 32.4 Å². The Balaban J connectivity index is 1.42. The standard InChI is InChI=1S/C15H16N6O2S3/c1-9-7-10(2)18-14(17-9)26-8-12-20-21-15(23-12)25-5-3-11(22)19-13-16-4-6-24-13/h4,6-7H,3,5,8H2,1-2H3,(H,16,19,22). The Morgan fingerprint density at radius 1 is 1.23 bits per heavy atom. The van der Waals surface area contributed by atoms with Gasteiger partial charge in [-0.3, -0.25) is 4.79 Å². The molecule has 0 unspecified atom stereocenters. The summed E-state index contributed by atoms with van der Waals surface area (Å²) >= 11 is 4.18. The molecule has 0 aromatic carbocycles. The number of carbonyl (C=O) groups is 1. The molecule has 26 heavy (non-hydrogen) atoms. The zero-order chi connectivity index (χ0) is 18.4. The van der Waals surface area contributed by atoms with E-state index in [0.717, 1.165) is 11.4 Å². The van der Waals surface area contributed by atoms with Crippen molar-refractivity contribution in [2.45, 2.75) is 36.4 Å². The highest BCUT2D eigenvalue weighted by Gasteiger charge is 2.10. The number of carbonyl (C=O) groups excluding carboxylic acids is 1. The first-order valence-corrected chi connectivity index (χ1v) is 10.5. The third-order valence-electron chi connectivity index (χ3n) is 2.97. The first-order chi connectivity index (χ1) is 12.6. The number of nitrogens with zero attached hydrogens (tertiary/aromatic N) is 5. The zero-order valence-corrected chi connectivity index (χ0v) is 16.6. The van der Waals surface area contributed by atoms with Gasteiger partial charge in [-0.1, -0.05) is 23.5 Å². The second-order valence-electron chi connectivity index (χ2n) is 5.17. The molecule has 0 bridgehead atoms. The molecule has 0 spiro atoms. The average Bonchev–Trinajstić information content (AvgIpc) is 3.24. The van der Waals surface area contributed by atoms with Crippen LogP contribution in [0.1, 0.15) is 23.7 Å². The number of thioether (sulfide) groups is 2. The minimum atomic E-state index is -0.0882. The second-order valence-corrected chi connectivity index (χ2v) is 8.05. The molecule has 8 nitrogen and oxygen atoms in total. The summed E-state index contributed by atoms with van der Waals surface area (Å²) in [6, 6.07) is 1.93. The molecule has 1 N–H and O–H groups in total. The summed E-state index contributed by atoms with van der Waals surface area (Å²) in [5.74, 6) is 1.47. The van der Waals surface area contributed by atoms with Gasteiger partial charge in [0, 0.05) is 35.1 Å². The van der Waals surface area contributed by atoms with E-state index < -0.39 is 0 Å². The van der Waals surface area contributed by atoms with E-state index in [-0.39, 0.29) is 5.91 Å². The maximum absolute atomic E-state index is 11.8.